The minimum absolute atomic E-state index is 0.469. The van der Waals surface area contributed by atoms with E-state index in [4.69, 9.17) is 0 Å². The van der Waals surface area contributed by atoms with Gasteiger partial charge in [-0.25, -0.2) is 9.59 Å². The quantitative estimate of drug-likeness (QED) is 0.400. The van der Waals surface area contributed by atoms with E-state index in [2.05, 4.69) is 16.6 Å². The van der Waals surface area contributed by atoms with Crippen molar-refractivity contribution in [2.75, 3.05) is 0 Å². The predicted molar refractivity (Wildman–Crippen MR) is 80.4 cm³/mol. The lowest BCUT2D eigenvalue weighted by molar-refractivity contribution is 0.564. The van der Waals surface area contributed by atoms with Crippen LogP contribution in [0.25, 0.3) is 0 Å². The van der Waals surface area contributed by atoms with Gasteiger partial charge in [0.2, 0.25) is 12.2 Å². The molecule has 0 aromatic carbocycles. The maximum atomic E-state index is 10.1. The van der Waals surface area contributed by atoms with Crippen molar-refractivity contribution in [2.45, 2.75) is 27.2 Å². The Kier molecular flexibility index (Phi) is 9.07. The molecule has 0 aliphatic rings. The van der Waals surface area contributed by atoms with Gasteiger partial charge in [-0.2, -0.15) is 9.98 Å². The summed E-state index contributed by atoms with van der Waals surface area (Å²) >= 11 is 0. The van der Waals surface area contributed by atoms with Gasteiger partial charge in [0.15, 0.2) is 0 Å². The number of carbonyl (C=O) groups excluding carboxylic acids is 2. The lowest BCUT2D eigenvalue weighted by atomic mass is 10.1. The molecule has 0 atom stereocenters. The van der Waals surface area contributed by atoms with E-state index in [0.29, 0.717) is 11.4 Å². The van der Waals surface area contributed by atoms with Crippen molar-refractivity contribution in [2.24, 2.45) is 9.98 Å². The molecule has 0 N–H and O–H groups in total. The van der Waals surface area contributed by atoms with Crippen molar-refractivity contribution in [3.05, 3.63) is 59.5 Å². The summed E-state index contributed by atoms with van der Waals surface area (Å²) in [6.45, 7) is 9.23. The Morgan fingerprint density at radius 2 is 1.50 bits per heavy atom. The van der Waals surface area contributed by atoms with Crippen LogP contribution in [0.15, 0.2) is 69.5 Å². The van der Waals surface area contributed by atoms with Gasteiger partial charge in [-0.15, -0.1) is 0 Å². The third-order valence-corrected chi connectivity index (χ3v) is 2.31. The smallest absolute Gasteiger partial charge is 0.211 e. The van der Waals surface area contributed by atoms with Gasteiger partial charge in [0.05, 0.1) is 11.4 Å². The number of allylic oxidation sites excluding steroid dienone is 8. The second-order valence-electron chi connectivity index (χ2n) is 4.21. The standard InChI is InChI=1S/C16H18N2O2/c1-5-16(18-12-20)9-7-14(3)10-13(2)6-8-15(4)17-11-19/h5-9H,1,10H2,2-4H3/b13-6+,14-7+,15-8+,16-9+. The van der Waals surface area contributed by atoms with E-state index in [-0.39, 0.29) is 0 Å². The zero-order chi connectivity index (χ0) is 15.4. The second kappa shape index (κ2) is 10.4. The van der Waals surface area contributed by atoms with Crippen molar-refractivity contribution < 1.29 is 9.59 Å². The van der Waals surface area contributed by atoms with E-state index in [1.807, 2.05) is 26.0 Å². The molecule has 4 nitrogen and oxygen atoms in total. The van der Waals surface area contributed by atoms with E-state index in [1.165, 1.54) is 18.2 Å². The molecule has 0 aromatic rings. The first-order valence-electron chi connectivity index (χ1n) is 6.03. The largest absolute Gasteiger partial charge is 0.240 e. The van der Waals surface area contributed by atoms with Crippen LogP contribution in [-0.2, 0) is 9.59 Å². The minimum atomic E-state index is 0.469. The second-order valence-corrected chi connectivity index (χ2v) is 4.21. The normalized spacial score (nSPS) is 13.3. The molecule has 0 unspecified atom stereocenters. The summed E-state index contributed by atoms with van der Waals surface area (Å²) in [5.41, 5.74) is 3.29. The topological polar surface area (TPSA) is 58.9 Å². The fourth-order valence-electron chi connectivity index (χ4n) is 1.36. The maximum absolute atomic E-state index is 10.1. The Bertz CT molecular complexity index is 565. The van der Waals surface area contributed by atoms with Crippen LogP contribution < -0.4 is 0 Å². The minimum Gasteiger partial charge on any atom is -0.211 e. The van der Waals surface area contributed by atoms with E-state index < -0.39 is 0 Å². The van der Waals surface area contributed by atoms with Gasteiger partial charge in [0.25, 0.3) is 0 Å². The highest BCUT2D eigenvalue weighted by Gasteiger charge is 1.92. The Morgan fingerprint density at radius 3 is 2.00 bits per heavy atom. The third kappa shape index (κ3) is 8.54. The van der Waals surface area contributed by atoms with Crippen molar-refractivity contribution in [3.63, 3.8) is 0 Å². The number of hydrogen-bond acceptors (Lipinski definition) is 4. The number of aliphatic imine (C=N–C) groups is 2. The summed E-state index contributed by atoms with van der Waals surface area (Å²) in [6.07, 6.45) is 12.4. The number of rotatable bonds is 7. The molecule has 0 aromatic heterocycles. The summed E-state index contributed by atoms with van der Waals surface area (Å²) in [5.74, 6) is 0. The van der Waals surface area contributed by atoms with Crippen LogP contribution in [0.5, 0.6) is 0 Å². The summed E-state index contributed by atoms with van der Waals surface area (Å²) < 4.78 is 0. The summed E-state index contributed by atoms with van der Waals surface area (Å²) in [5, 5.41) is 0. The Morgan fingerprint density at radius 1 is 0.950 bits per heavy atom. The molecule has 4 heteroatoms. The molecule has 0 bridgehead atoms. The molecule has 104 valence electrons. The molecule has 20 heavy (non-hydrogen) atoms. The predicted octanol–water partition coefficient (Wildman–Crippen LogP) is 3.91. The lowest BCUT2D eigenvalue weighted by Gasteiger charge is -2.00. The van der Waals surface area contributed by atoms with E-state index >= 15 is 0 Å². The van der Waals surface area contributed by atoms with Crippen LogP contribution in [0.1, 0.15) is 27.2 Å². The third-order valence-electron chi connectivity index (χ3n) is 2.31. The summed E-state index contributed by atoms with van der Waals surface area (Å²) in [6, 6.07) is 0. The van der Waals surface area contributed by atoms with E-state index in [0.717, 1.165) is 17.6 Å². The van der Waals surface area contributed by atoms with Gasteiger partial charge in [0.1, 0.15) is 0 Å². The number of hydrogen-bond donors (Lipinski definition) is 0. The molecule has 0 fully saturated rings. The number of isocyanates is 2. The molecule has 0 radical (unpaired) electrons. The molecule has 0 amide bonds. The van der Waals surface area contributed by atoms with Gasteiger partial charge in [-0.05, 0) is 45.4 Å². The van der Waals surface area contributed by atoms with Crippen molar-refractivity contribution >= 4 is 12.2 Å². The SMILES string of the molecule is C=C/C(=C\C=C(/C)C/C(C)=C/C=C(\C)N=C=O)N=C=O. The summed E-state index contributed by atoms with van der Waals surface area (Å²) in [4.78, 5) is 27.2. The molecule has 0 aliphatic heterocycles. The Hall–Kier alpha value is -2.54. The van der Waals surface area contributed by atoms with Crippen molar-refractivity contribution in [1.82, 2.24) is 0 Å². The van der Waals surface area contributed by atoms with Gasteiger partial charge in [-0.3, -0.25) is 0 Å². The molecule has 0 spiro atoms. The first-order valence-corrected chi connectivity index (χ1v) is 6.03. The fraction of sp³-hybridized carbons (Fsp3) is 0.250. The molecular formula is C16H18N2O2. The lowest BCUT2D eigenvalue weighted by Crippen LogP contribution is -1.80. The van der Waals surface area contributed by atoms with Crippen LogP contribution in [0.3, 0.4) is 0 Å². The molecule has 0 rings (SSSR count). The maximum Gasteiger partial charge on any atom is 0.240 e. The van der Waals surface area contributed by atoms with Crippen LogP contribution in [0, 0.1) is 0 Å². The van der Waals surface area contributed by atoms with Crippen molar-refractivity contribution in [3.8, 4) is 0 Å². The Labute approximate surface area is 119 Å². The average Bonchev–Trinajstić information content (AvgIpc) is 2.41. The Balaban J connectivity index is 4.83. The fourth-order valence-corrected chi connectivity index (χ4v) is 1.36. The zero-order valence-corrected chi connectivity index (χ0v) is 12.0. The van der Waals surface area contributed by atoms with Crippen LogP contribution in [0.4, 0.5) is 0 Å². The van der Waals surface area contributed by atoms with E-state index in [1.54, 1.807) is 19.1 Å². The van der Waals surface area contributed by atoms with Crippen LogP contribution >= 0.6 is 0 Å². The average molecular weight is 270 g/mol. The molecule has 0 saturated carbocycles. The highest BCUT2D eigenvalue weighted by atomic mass is 16.1. The van der Waals surface area contributed by atoms with Gasteiger partial charge in [-0.1, -0.05) is 29.9 Å². The first kappa shape index (κ1) is 17.5. The molecule has 0 aliphatic carbocycles. The highest BCUT2D eigenvalue weighted by Crippen LogP contribution is 2.11. The highest BCUT2D eigenvalue weighted by molar-refractivity contribution is 5.40. The van der Waals surface area contributed by atoms with Gasteiger partial charge in [0, 0.05) is 0 Å². The number of nitrogens with zero attached hydrogens (tertiary/aromatic N) is 2. The van der Waals surface area contributed by atoms with Gasteiger partial charge >= 0.3 is 0 Å². The molecule has 0 saturated heterocycles. The van der Waals surface area contributed by atoms with Crippen LogP contribution in [0.2, 0.25) is 0 Å². The summed E-state index contributed by atoms with van der Waals surface area (Å²) in [7, 11) is 0. The van der Waals surface area contributed by atoms with Crippen LogP contribution in [-0.4, -0.2) is 12.2 Å². The van der Waals surface area contributed by atoms with Gasteiger partial charge < -0.3 is 0 Å². The molecule has 0 heterocycles. The first-order chi connectivity index (χ1) is 9.53. The zero-order valence-electron chi connectivity index (χ0n) is 12.0. The van der Waals surface area contributed by atoms with E-state index in [9.17, 15) is 9.59 Å². The monoisotopic (exact) mass is 270 g/mol. The van der Waals surface area contributed by atoms with Crippen molar-refractivity contribution in [1.29, 1.82) is 0 Å². The molecular weight excluding hydrogens is 252 g/mol.